The number of nitro groups is 1. The third-order valence-electron chi connectivity index (χ3n) is 3.81. The predicted octanol–water partition coefficient (Wildman–Crippen LogP) is 2.41. The van der Waals surface area contributed by atoms with Crippen LogP contribution in [0.2, 0.25) is 0 Å². The van der Waals surface area contributed by atoms with Crippen LogP contribution in [0.25, 0.3) is 0 Å². The number of halogens is 1. The lowest BCUT2D eigenvalue weighted by molar-refractivity contribution is -0.385. The maximum Gasteiger partial charge on any atom is 0.320 e. The molecular formula is C17H16BrN7O3. The topological polar surface area (TPSA) is 120 Å². The molecule has 0 unspecified atom stereocenters. The number of amides is 1. The summed E-state index contributed by atoms with van der Waals surface area (Å²) in [5.41, 5.74) is 3.92. The molecule has 11 heteroatoms. The van der Waals surface area contributed by atoms with Crippen molar-refractivity contribution in [1.82, 2.24) is 25.0 Å². The lowest BCUT2D eigenvalue weighted by atomic mass is 10.2. The number of hydrazone groups is 1. The fourth-order valence-corrected chi connectivity index (χ4v) is 3.01. The largest absolute Gasteiger partial charge is 0.320 e. The molecule has 2 aromatic heterocycles. The molecule has 144 valence electrons. The van der Waals surface area contributed by atoms with Crippen molar-refractivity contribution in [1.29, 1.82) is 0 Å². The van der Waals surface area contributed by atoms with Crippen LogP contribution in [0.3, 0.4) is 0 Å². The van der Waals surface area contributed by atoms with E-state index in [1.165, 1.54) is 17.1 Å². The first-order chi connectivity index (χ1) is 13.3. The average Bonchev–Trinajstić information content (AvgIpc) is 3.18. The third kappa shape index (κ3) is 4.49. The number of hydrogen-bond donors (Lipinski definition) is 1. The summed E-state index contributed by atoms with van der Waals surface area (Å²) >= 11 is 3.37. The van der Waals surface area contributed by atoms with E-state index in [1.807, 2.05) is 24.3 Å². The van der Waals surface area contributed by atoms with Gasteiger partial charge in [-0.2, -0.15) is 15.3 Å². The molecule has 3 aromatic rings. The first-order valence-corrected chi connectivity index (χ1v) is 8.92. The van der Waals surface area contributed by atoms with E-state index in [9.17, 15) is 14.9 Å². The summed E-state index contributed by atoms with van der Waals surface area (Å²) in [5, 5.41) is 23.4. The molecule has 0 fully saturated rings. The number of carbonyl (C=O) groups excluding carboxylic acids is 1. The zero-order valence-electron chi connectivity index (χ0n) is 15.0. The van der Waals surface area contributed by atoms with Gasteiger partial charge in [-0.05, 0) is 24.6 Å². The van der Waals surface area contributed by atoms with Crippen molar-refractivity contribution in [2.75, 3.05) is 0 Å². The number of nitrogens with one attached hydrogen (secondary N) is 1. The normalized spacial score (nSPS) is 11.1. The summed E-state index contributed by atoms with van der Waals surface area (Å²) in [7, 11) is 1.77. The van der Waals surface area contributed by atoms with Gasteiger partial charge >= 0.3 is 5.69 Å². The highest BCUT2D eigenvalue weighted by Gasteiger charge is 2.25. The van der Waals surface area contributed by atoms with Gasteiger partial charge in [0.25, 0.3) is 5.91 Å². The summed E-state index contributed by atoms with van der Waals surface area (Å²) in [6.45, 7) is 2.09. The number of benzene rings is 1. The van der Waals surface area contributed by atoms with Crippen LogP contribution >= 0.6 is 15.9 Å². The Hall–Kier alpha value is -3.34. The van der Waals surface area contributed by atoms with Crippen molar-refractivity contribution in [3.8, 4) is 0 Å². The molecule has 0 radical (unpaired) electrons. The fraction of sp³-hybridized carbons (Fsp3) is 0.176. The second-order valence-corrected chi connectivity index (χ2v) is 6.91. The van der Waals surface area contributed by atoms with Crippen LogP contribution < -0.4 is 5.43 Å². The summed E-state index contributed by atoms with van der Waals surface area (Å²) in [5.74, 6) is -0.766. The number of rotatable bonds is 6. The first-order valence-electron chi connectivity index (χ1n) is 8.13. The number of hydrogen-bond acceptors (Lipinski definition) is 6. The monoisotopic (exact) mass is 445 g/mol. The van der Waals surface area contributed by atoms with Crippen molar-refractivity contribution in [2.45, 2.75) is 13.5 Å². The van der Waals surface area contributed by atoms with Crippen molar-refractivity contribution in [2.24, 2.45) is 12.1 Å². The highest BCUT2D eigenvalue weighted by Crippen LogP contribution is 2.19. The van der Waals surface area contributed by atoms with Crippen molar-refractivity contribution in [3.05, 3.63) is 73.8 Å². The minimum Gasteiger partial charge on any atom is -0.275 e. The molecule has 1 aromatic carbocycles. The van der Waals surface area contributed by atoms with Crippen molar-refractivity contribution >= 4 is 33.7 Å². The third-order valence-corrected chi connectivity index (χ3v) is 4.30. The van der Waals surface area contributed by atoms with E-state index in [-0.39, 0.29) is 17.9 Å². The van der Waals surface area contributed by atoms with Gasteiger partial charge in [-0.15, -0.1) is 0 Å². The van der Waals surface area contributed by atoms with Crippen LogP contribution in [0, 0.1) is 17.0 Å². The minimum atomic E-state index is -0.766. The number of nitrogens with zero attached hydrogens (tertiary/aromatic N) is 6. The van der Waals surface area contributed by atoms with Crippen LogP contribution in [-0.2, 0) is 13.6 Å². The predicted molar refractivity (Wildman–Crippen MR) is 105 cm³/mol. The standard InChI is InChI=1S/C17H16BrN7O3/c1-11-13(9-23(2)21-11)7-19-20-17(26)16-15(25(27)28)10-24(22-16)8-12-4-3-5-14(18)6-12/h3-7,9-10H,8H2,1-2H3,(H,20,26). The molecule has 0 bridgehead atoms. The van der Waals surface area contributed by atoms with E-state index in [0.717, 1.165) is 21.3 Å². The second kappa shape index (κ2) is 8.13. The van der Waals surface area contributed by atoms with Gasteiger partial charge in [-0.25, -0.2) is 5.43 Å². The Morgan fingerprint density at radius 1 is 1.39 bits per heavy atom. The lowest BCUT2D eigenvalue weighted by Gasteiger charge is -2.01. The zero-order valence-corrected chi connectivity index (χ0v) is 16.6. The van der Waals surface area contributed by atoms with E-state index >= 15 is 0 Å². The summed E-state index contributed by atoms with van der Waals surface area (Å²) in [4.78, 5) is 23.0. The molecule has 1 N–H and O–H groups in total. The van der Waals surface area contributed by atoms with Gasteiger partial charge in [0.05, 0.1) is 23.4 Å². The zero-order chi connectivity index (χ0) is 20.3. The molecule has 0 atom stereocenters. The Bertz CT molecular complexity index is 1070. The molecule has 0 aliphatic heterocycles. The molecule has 0 aliphatic carbocycles. The van der Waals surface area contributed by atoms with E-state index in [4.69, 9.17) is 0 Å². The Morgan fingerprint density at radius 2 is 2.18 bits per heavy atom. The SMILES string of the molecule is Cc1nn(C)cc1C=NNC(=O)c1nn(Cc2cccc(Br)c2)cc1[N+](=O)[O-]. The van der Waals surface area contributed by atoms with Crippen molar-refractivity contribution in [3.63, 3.8) is 0 Å². The van der Waals surface area contributed by atoms with E-state index in [0.29, 0.717) is 0 Å². The highest BCUT2D eigenvalue weighted by atomic mass is 79.9. The highest BCUT2D eigenvalue weighted by molar-refractivity contribution is 9.10. The van der Waals surface area contributed by atoms with E-state index in [2.05, 4.69) is 36.7 Å². The summed E-state index contributed by atoms with van der Waals surface area (Å²) in [6.07, 6.45) is 4.38. The Kier molecular flexibility index (Phi) is 5.64. The Balaban J connectivity index is 1.78. The van der Waals surface area contributed by atoms with Gasteiger partial charge in [0.2, 0.25) is 5.69 Å². The van der Waals surface area contributed by atoms with Gasteiger partial charge in [-0.3, -0.25) is 24.3 Å². The number of carbonyl (C=O) groups is 1. The maximum absolute atomic E-state index is 12.3. The molecule has 10 nitrogen and oxygen atoms in total. The Morgan fingerprint density at radius 3 is 2.82 bits per heavy atom. The van der Waals surface area contributed by atoms with Crippen LogP contribution in [0.15, 0.2) is 46.2 Å². The number of aryl methyl sites for hydroxylation is 2. The quantitative estimate of drug-likeness (QED) is 0.354. The van der Waals surface area contributed by atoms with Gasteiger partial charge in [0.1, 0.15) is 6.20 Å². The molecular weight excluding hydrogens is 430 g/mol. The maximum atomic E-state index is 12.3. The van der Waals surface area contributed by atoms with Gasteiger partial charge in [-0.1, -0.05) is 28.1 Å². The van der Waals surface area contributed by atoms with Crippen LogP contribution in [0.1, 0.15) is 27.3 Å². The lowest BCUT2D eigenvalue weighted by Crippen LogP contribution is -2.19. The second-order valence-electron chi connectivity index (χ2n) is 5.99. The molecule has 1 amide bonds. The average molecular weight is 446 g/mol. The fourth-order valence-electron chi connectivity index (χ4n) is 2.57. The Labute approximate surface area is 168 Å². The molecule has 28 heavy (non-hydrogen) atoms. The summed E-state index contributed by atoms with van der Waals surface area (Å²) < 4.78 is 3.85. The minimum absolute atomic E-state index is 0.283. The molecule has 2 heterocycles. The van der Waals surface area contributed by atoms with Crippen LogP contribution in [0.5, 0.6) is 0 Å². The molecule has 0 aliphatic rings. The smallest absolute Gasteiger partial charge is 0.275 e. The molecule has 3 rings (SSSR count). The number of aromatic nitrogens is 4. The van der Waals surface area contributed by atoms with Crippen molar-refractivity contribution < 1.29 is 9.72 Å². The molecule has 0 saturated carbocycles. The first kappa shape index (κ1) is 19.4. The molecule has 0 saturated heterocycles. The van der Waals surface area contributed by atoms with E-state index in [1.54, 1.807) is 24.9 Å². The van der Waals surface area contributed by atoms with Gasteiger partial charge < -0.3 is 0 Å². The van der Waals surface area contributed by atoms with Crippen LogP contribution in [0.4, 0.5) is 5.69 Å². The van der Waals surface area contributed by atoms with Gasteiger partial charge in [0, 0.05) is 23.3 Å². The molecule has 0 spiro atoms. The summed E-state index contributed by atoms with van der Waals surface area (Å²) in [6, 6.07) is 7.45. The van der Waals surface area contributed by atoms with Crippen LogP contribution in [-0.4, -0.2) is 36.6 Å². The van der Waals surface area contributed by atoms with Gasteiger partial charge in [0.15, 0.2) is 0 Å². The van der Waals surface area contributed by atoms with E-state index < -0.39 is 10.8 Å².